The van der Waals surface area contributed by atoms with Gasteiger partial charge in [-0.05, 0) is 135 Å². The molecule has 2 bridgehead atoms. The Kier molecular flexibility index (Phi) is 13.0. The molecule has 1 nitrogen and oxygen atoms in total. The number of fused-ring (bicyclic) bond motifs is 3. The van der Waals surface area contributed by atoms with Crippen molar-refractivity contribution in [3.63, 3.8) is 0 Å². The second-order valence-corrected chi connectivity index (χ2v) is 16.0. The summed E-state index contributed by atoms with van der Waals surface area (Å²) in [7, 11) is 0. The molecule has 0 aliphatic heterocycles. The first kappa shape index (κ1) is 36.7. The maximum atomic E-state index is 4.38. The van der Waals surface area contributed by atoms with Crippen molar-refractivity contribution in [1.82, 2.24) is 0 Å². The van der Waals surface area contributed by atoms with Crippen molar-refractivity contribution in [3.8, 4) is 0 Å². The maximum absolute atomic E-state index is 4.38. The number of hydrogen-bond acceptors (Lipinski definition) is 1. The molecule has 0 aromatic heterocycles. The lowest BCUT2D eigenvalue weighted by molar-refractivity contribution is 0.408. The van der Waals surface area contributed by atoms with Gasteiger partial charge in [0.15, 0.2) is 0 Å². The minimum absolute atomic E-state index is 0.0912. The van der Waals surface area contributed by atoms with E-state index in [0.717, 1.165) is 18.5 Å². The van der Waals surface area contributed by atoms with Crippen LogP contribution in [0.5, 0.6) is 0 Å². The van der Waals surface area contributed by atoms with E-state index < -0.39 is 0 Å². The highest BCUT2D eigenvalue weighted by Gasteiger charge is 2.24. The first-order valence-electron chi connectivity index (χ1n) is 19.4. The molecule has 0 atom stereocenters. The van der Waals surface area contributed by atoms with Crippen molar-refractivity contribution in [2.24, 2.45) is 11.8 Å². The van der Waals surface area contributed by atoms with Gasteiger partial charge in [-0.3, -0.25) is 0 Å². The molecule has 2 saturated carbocycles. The molecule has 1 heteroatoms. The van der Waals surface area contributed by atoms with Crippen molar-refractivity contribution in [1.29, 1.82) is 0 Å². The van der Waals surface area contributed by atoms with Crippen LogP contribution in [0.15, 0.2) is 143 Å². The molecule has 0 saturated heterocycles. The van der Waals surface area contributed by atoms with Crippen LogP contribution in [0.3, 0.4) is 0 Å². The summed E-state index contributed by atoms with van der Waals surface area (Å²) in [6.45, 7) is 17.9. The van der Waals surface area contributed by atoms with E-state index in [9.17, 15) is 0 Å². The molecule has 0 amide bonds. The highest BCUT2D eigenvalue weighted by atomic mass is 15.2. The van der Waals surface area contributed by atoms with Crippen LogP contribution in [-0.4, -0.2) is 0 Å². The van der Waals surface area contributed by atoms with Crippen molar-refractivity contribution >= 4 is 5.69 Å². The molecule has 4 aliphatic carbocycles. The molecule has 260 valence electrons. The van der Waals surface area contributed by atoms with Crippen LogP contribution < -0.4 is 4.90 Å². The molecular formula is C48H63N. The minimum Gasteiger partial charge on any atom is -0.310 e. The van der Waals surface area contributed by atoms with E-state index in [2.05, 4.69) is 138 Å². The molecule has 0 heterocycles. The summed E-state index contributed by atoms with van der Waals surface area (Å²) in [4.78, 5) is 2.48. The second kappa shape index (κ2) is 17.4. The second-order valence-electron chi connectivity index (χ2n) is 16.0. The van der Waals surface area contributed by atoms with Crippen LogP contribution >= 0.6 is 0 Å². The average Bonchev–Trinajstić information content (AvgIpc) is 3.38. The average molecular weight is 654 g/mol. The molecule has 0 unspecified atom stereocenters. The maximum Gasteiger partial charge on any atom is 0.0493 e. The molecule has 2 fully saturated rings. The summed E-state index contributed by atoms with van der Waals surface area (Å²) in [5.74, 6) is 1.24. The highest BCUT2D eigenvalue weighted by Crippen LogP contribution is 2.38. The fraction of sp³-hybridized carbons (Fsp3) is 0.458. The fourth-order valence-corrected chi connectivity index (χ4v) is 7.99. The van der Waals surface area contributed by atoms with Crippen LogP contribution in [0.4, 0.5) is 5.69 Å². The van der Waals surface area contributed by atoms with Gasteiger partial charge in [-0.1, -0.05) is 144 Å². The number of hydrogen-bond donors (Lipinski definition) is 0. The molecule has 0 radical (unpaired) electrons. The summed E-state index contributed by atoms with van der Waals surface area (Å²) >= 11 is 0. The third kappa shape index (κ3) is 10.00. The number of benzene rings is 1. The summed E-state index contributed by atoms with van der Waals surface area (Å²) in [6, 6.07) is 9.28. The first-order valence-corrected chi connectivity index (χ1v) is 19.4. The molecule has 49 heavy (non-hydrogen) atoms. The zero-order valence-corrected chi connectivity index (χ0v) is 31.7. The Morgan fingerprint density at radius 3 is 1.98 bits per heavy atom. The van der Waals surface area contributed by atoms with E-state index in [1.54, 1.807) is 0 Å². The van der Waals surface area contributed by atoms with Gasteiger partial charge in [0, 0.05) is 17.1 Å². The predicted molar refractivity (Wildman–Crippen MR) is 216 cm³/mol. The smallest absolute Gasteiger partial charge is 0.0493 e. The Bertz CT molecular complexity index is 1580. The summed E-state index contributed by atoms with van der Waals surface area (Å²) < 4.78 is 0. The highest BCUT2D eigenvalue weighted by molar-refractivity contribution is 5.67. The number of nitrogens with zero attached hydrogens (tertiary/aromatic N) is 1. The van der Waals surface area contributed by atoms with Gasteiger partial charge in [-0.2, -0.15) is 0 Å². The number of rotatable bonds is 7. The van der Waals surface area contributed by atoms with Crippen LogP contribution in [0, 0.1) is 11.8 Å². The Hall–Kier alpha value is -3.58. The van der Waals surface area contributed by atoms with Gasteiger partial charge in [0.25, 0.3) is 0 Å². The van der Waals surface area contributed by atoms with Gasteiger partial charge >= 0.3 is 0 Å². The minimum atomic E-state index is 0.0912. The number of allylic oxidation sites excluding steroid dienone is 17. The van der Waals surface area contributed by atoms with E-state index >= 15 is 0 Å². The Morgan fingerprint density at radius 2 is 1.37 bits per heavy atom. The number of anilines is 1. The first-order chi connectivity index (χ1) is 23.7. The third-order valence-electron chi connectivity index (χ3n) is 11.2. The van der Waals surface area contributed by atoms with E-state index in [-0.39, 0.29) is 5.41 Å². The van der Waals surface area contributed by atoms with Gasteiger partial charge in [-0.25, -0.2) is 0 Å². The van der Waals surface area contributed by atoms with Crippen LogP contribution in [-0.2, 0) is 5.41 Å². The molecular weight excluding hydrogens is 591 g/mol. The van der Waals surface area contributed by atoms with Crippen molar-refractivity contribution in [2.75, 3.05) is 4.90 Å². The normalized spacial score (nSPS) is 21.0. The standard InChI is InChI=1S/C48H63N/c1-8-36(3)34-45(9-2)49(46-30-28-44(29-31-46)48(5,6)7)47-32-27-41(39-17-13-10-11-14-18-39)23-21-37(4)33-38-22-24-42(47)25-26-43(35-38)40-19-15-12-16-20-40/h8-9,21,23,25-35,39-40H,2,10-20,22,24H2,1,3-7H3/b23-21?,26-25?,32-27?,36-8-,37-21?,37-33?,38-33?,38-35?,41-23?,41-27?,42-25?,43-26?,43-35?,45-34+,47-32?,47-42?. The predicted octanol–water partition coefficient (Wildman–Crippen LogP) is 14.3. The molecule has 0 N–H and O–H groups in total. The van der Waals surface area contributed by atoms with E-state index in [1.165, 1.54) is 121 Å². The van der Waals surface area contributed by atoms with Gasteiger partial charge in [0.1, 0.15) is 0 Å². The molecule has 1 aromatic carbocycles. The lowest BCUT2D eigenvalue weighted by atomic mass is 9.81. The Morgan fingerprint density at radius 1 is 0.755 bits per heavy atom. The fourth-order valence-electron chi connectivity index (χ4n) is 7.99. The Labute approximate surface area is 300 Å². The summed E-state index contributed by atoms with van der Waals surface area (Å²) in [6.07, 6.45) is 42.9. The monoisotopic (exact) mass is 653 g/mol. The molecule has 1 aromatic rings. The molecule has 4 aliphatic rings. The molecule has 0 spiro atoms. The van der Waals surface area contributed by atoms with Crippen LogP contribution in [0.25, 0.3) is 0 Å². The lowest BCUT2D eigenvalue weighted by Crippen LogP contribution is -2.23. The van der Waals surface area contributed by atoms with Gasteiger partial charge in [0.05, 0.1) is 0 Å². The van der Waals surface area contributed by atoms with Crippen LogP contribution in [0.2, 0.25) is 0 Å². The van der Waals surface area contributed by atoms with E-state index in [0.29, 0.717) is 11.8 Å². The van der Waals surface area contributed by atoms with Crippen molar-refractivity contribution < 1.29 is 0 Å². The Balaban J connectivity index is 1.77. The zero-order valence-electron chi connectivity index (χ0n) is 31.7. The summed E-state index contributed by atoms with van der Waals surface area (Å²) in [5.41, 5.74) is 13.4. The van der Waals surface area contributed by atoms with E-state index in [1.807, 2.05) is 6.08 Å². The van der Waals surface area contributed by atoms with Gasteiger partial charge in [0.2, 0.25) is 0 Å². The quantitative estimate of drug-likeness (QED) is 0.209. The van der Waals surface area contributed by atoms with E-state index in [4.69, 9.17) is 0 Å². The van der Waals surface area contributed by atoms with Crippen molar-refractivity contribution in [3.05, 3.63) is 148 Å². The topological polar surface area (TPSA) is 3.24 Å². The third-order valence-corrected chi connectivity index (χ3v) is 11.2. The SMILES string of the molecule is C=C/C(=C\C(C)=C/C)N(C1=CC=C(C2CCCCCC2)C=CC(C)=CC2=CC(C3CCCCC3)=CC=C1CC2)c1ccc(C(C)(C)C)cc1. The largest absolute Gasteiger partial charge is 0.310 e. The van der Waals surface area contributed by atoms with Crippen molar-refractivity contribution in [2.45, 2.75) is 130 Å². The van der Waals surface area contributed by atoms with Gasteiger partial charge in [-0.15, -0.1) is 0 Å². The molecule has 5 rings (SSSR count). The van der Waals surface area contributed by atoms with Crippen LogP contribution in [0.1, 0.15) is 131 Å². The van der Waals surface area contributed by atoms with Gasteiger partial charge < -0.3 is 4.90 Å². The summed E-state index contributed by atoms with van der Waals surface area (Å²) in [5, 5.41) is 0. The lowest BCUT2D eigenvalue weighted by Gasteiger charge is -2.32. The zero-order chi connectivity index (χ0) is 34.8.